The number of esters is 1. The molecule has 1 amide bonds. The maximum atomic E-state index is 12.6. The summed E-state index contributed by atoms with van der Waals surface area (Å²) in [5.74, 6) is -1.19. The highest BCUT2D eigenvalue weighted by molar-refractivity contribution is 5.96. The topological polar surface area (TPSA) is 55.4 Å². The first-order valence-electron chi connectivity index (χ1n) is 7.71. The van der Waals surface area contributed by atoms with Gasteiger partial charge in [-0.1, -0.05) is 30.4 Å². The van der Waals surface area contributed by atoms with Crippen LogP contribution in [0.25, 0.3) is 0 Å². The molecule has 0 bridgehead atoms. The van der Waals surface area contributed by atoms with E-state index in [4.69, 9.17) is 4.74 Å². The summed E-state index contributed by atoms with van der Waals surface area (Å²) < 4.78 is 5.29. The molecule has 1 aliphatic carbocycles. The molecule has 22 heavy (non-hydrogen) atoms. The second kappa shape index (κ2) is 7.25. The molecule has 0 spiro atoms. The van der Waals surface area contributed by atoms with Crippen LogP contribution in [0.3, 0.4) is 0 Å². The van der Waals surface area contributed by atoms with Crippen LogP contribution in [0.1, 0.15) is 32.3 Å². The van der Waals surface area contributed by atoms with E-state index in [2.05, 4.69) is 5.32 Å². The largest absolute Gasteiger partial charge is 0.463 e. The number of rotatable bonds is 4. The molecule has 0 heterocycles. The molecule has 1 aromatic rings. The quantitative estimate of drug-likeness (QED) is 0.684. The van der Waals surface area contributed by atoms with Gasteiger partial charge in [-0.05, 0) is 45.2 Å². The smallest absolute Gasteiger partial charge is 0.310 e. The first-order valence-corrected chi connectivity index (χ1v) is 7.71. The Hall–Kier alpha value is -2.10. The van der Waals surface area contributed by atoms with Gasteiger partial charge in [-0.3, -0.25) is 9.59 Å². The van der Waals surface area contributed by atoms with Gasteiger partial charge >= 0.3 is 5.97 Å². The molecule has 0 saturated heterocycles. The molecule has 0 unspecified atom stereocenters. The van der Waals surface area contributed by atoms with Crippen LogP contribution in [-0.2, 0) is 14.3 Å². The van der Waals surface area contributed by atoms with E-state index in [1.165, 1.54) is 0 Å². The van der Waals surface area contributed by atoms with E-state index in [1.807, 2.05) is 57.2 Å². The minimum absolute atomic E-state index is 0.121. The Kier molecular flexibility index (Phi) is 5.36. The van der Waals surface area contributed by atoms with Crippen molar-refractivity contribution in [3.63, 3.8) is 0 Å². The lowest BCUT2D eigenvalue weighted by molar-refractivity contribution is -0.156. The number of amides is 1. The minimum Gasteiger partial charge on any atom is -0.463 e. The molecule has 118 valence electrons. The van der Waals surface area contributed by atoms with Crippen molar-refractivity contribution in [2.45, 2.75) is 39.7 Å². The molecule has 1 N–H and O–H groups in total. The zero-order valence-electron chi connectivity index (χ0n) is 13.3. The van der Waals surface area contributed by atoms with Crippen molar-refractivity contribution in [1.29, 1.82) is 0 Å². The highest BCUT2D eigenvalue weighted by Crippen LogP contribution is 2.29. The van der Waals surface area contributed by atoms with E-state index in [0.717, 1.165) is 11.3 Å². The van der Waals surface area contributed by atoms with Gasteiger partial charge in [-0.2, -0.15) is 0 Å². The van der Waals surface area contributed by atoms with Crippen LogP contribution >= 0.6 is 0 Å². The van der Waals surface area contributed by atoms with Crippen molar-refractivity contribution in [2.24, 2.45) is 11.8 Å². The third-order valence-corrected chi connectivity index (χ3v) is 3.83. The van der Waals surface area contributed by atoms with Crippen molar-refractivity contribution in [2.75, 3.05) is 5.32 Å². The standard InChI is InChI=1S/C18H23NO3/c1-12(2)22-18(21)15-10-6-5-9-14(15)17(20)19-16-11-7-4-8-13(16)3/h4-8,11-12,14-15H,9-10H2,1-3H3,(H,19,20)/t14-,15+/m0/s1. The monoisotopic (exact) mass is 301 g/mol. The number of ether oxygens (including phenoxy) is 1. The average Bonchev–Trinajstić information content (AvgIpc) is 2.49. The van der Waals surface area contributed by atoms with Crippen LogP contribution in [0.15, 0.2) is 36.4 Å². The van der Waals surface area contributed by atoms with Gasteiger partial charge in [0.25, 0.3) is 0 Å². The minimum atomic E-state index is -0.406. The van der Waals surface area contributed by atoms with Gasteiger partial charge in [0.1, 0.15) is 0 Å². The molecule has 0 aliphatic heterocycles. The molecule has 0 saturated carbocycles. The van der Waals surface area contributed by atoms with Crippen LogP contribution in [0.5, 0.6) is 0 Å². The van der Waals surface area contributed by atoms with Gasteiger partial charge in [0.15, 0.2) is 0 Å². The van der Waals surface area contributed by atoms with Crippen LogP contribution in [0.4, 0.5) is 5.69 Å². The SMILES string of the molecule is Cc1ccccc1NC(=O)[C@H]1CC=CC[C@H]1C(=O)OC(C)C. The third-order valence-electron chi connectivity index (χ3n) is 3.83. The fourth-order valence-electron chi connectivity index (χ4n) is 2.62. The molecule has 0 fully saturated rings. The van der Waals surface area contributed by atoms with Gasteiger partial charge < -0.3 is 10.1 Å². The molecule has 1 aliphatic rings. The summed E-state index contributed by atoms with van der Waals surface area (Å²) in [6.45, 7) is 5.58. The van der Waals surface area contributed by atoms with Gasteiger partial charge in [0.2, 0.25) is 5.91 Å². The van der Waals surface area contributed by atoms with Gasteiger partial charge in [0, 0.05) is 5.69 Å². The first-order chi connectivity index (χ1) is 10.5. The summed E-state index contributed by atoms with van der Waals surface area (Å²) in [5, 5.41) is 2.94. The Morgan fingerprint density at radius 1 is 1.14 bits per heavy atom. The Morgan fingerprint density at radius 3 is 2.41 bits per heavy atom. The molecule has 1 aromatic carbocycles. The van der Waals surface area contributed by atoms with Crippen LogP contribution < -0.4 is 5.32 Å². The van der Waals surface area contributed by atoms with Crippen molar-refractivity contribution in [1.82, 2.24) is 0 Å². The number of carbonyl (C=O) groups is 2. The summed E-state index contributed by atoms with van der Waals surface area (Å²) in [7, 11) is 0. The fraction of sp³-hybridized carbons (Fsp3) is 0.444. The molecule has 4 heteroatoms. The average molecular weight is 301 g/mol. The van der Waals surface area contributed by atoms with Crippen LogP contribution in [0.2, 0.25) is 0 Å². The highest BCUT2D eigenvalue weighted by atomic mass is 16.5. The molecule has 0 radical (unpaired) electrons. The first kappa shape index (κ1) is 16.3. The van der Waals surface area contributed by atoms with E-state index in [0.29, 0.717) is 12.8 Å². The van der Waals surface area contributed by atoms with E-state index in [-0.39, 0.29) is 23.9 Å². The van der Waals surface area contributed by atoms with Crippen molar-refractivity contribution < 1.29 is 14.3 Å². The molecular weight excluding hydrogens is 278 g/mol. The van der Waals surface area contributed by atoms with Crippen LogP contribution in [-0.4, -0.2) is 18.0 Å². The normalized spacial score (nSPS) is 20.7. The lowest BCUT2D eigenvalue weighted by atomic mass is 9.82. The predicted molar refractivity (Wildman–Crippen MR) is 86.4 cm³/mol. The lowest BCUT2D eigenvalue weighted by Gasteiger charge is -2.27. The predicted octanol–water partition coefficient (Wildman–Crippen LogP) is 3.47. The Balaban J connectivity index is 2.10. The van der Waals surface area contributed by atoms with Crippen molar-refractivity contribution in [3.8, 4) is 0 Å². The molecular formula is C18H23NO3. The highest BCUT2D eigenvalue weighted by Gasteiger charge is 2.35. The number of allylic oxidation sites excluding steroid dienone is 2. The van der Waals surface area contributed by atoms with E-state index in [1.54, 1.807) is 0 Å². The van der Waals surface area contributed by atoms with E-state index < -0.39 is 5.92 Å². The number of benzene rings is 1. The Morgan fingerprint density at radius 2 is 1.77 bits per heavy atom. The number of carbonyl (C=O) groups excluding carboxylic acids is 2. The van der Waals surface area contributed by atoms with Crippen LogP contribution in [0, 0.1) is 18.8 Å². The summed E-state index contributed by atoms with van der Waals surface area (Å²) in [5.41, 5.74) is 1.79. The molecule has 0 aromatic heterocycles. The number of anilines is 1. The Labute approximate surface area is 131 Å². The fourth-order valence-corrected chi connectivity index (χ4v) is 2.62. The summed E-state index contributed by atoms with van der Waals surface area (Å²) in [6, 6.07) is 7.62. The van der Waals surface area contributed by atoms with Crippen molar-refractivity contribution in [3.05, 3.63) is 42.0 Å². The number of nitrogens with one attached hydrogen (secondary N) is 1. The van der Waals surface area contributed by atoms with Crippen molar-refractivity contribution >= 4 is 17.6 Å². The van der Waals surface area contributed by atoms with E-state index in [9.17, 15) is 9.59 Å². The maximum absolute atomic E-state index is 12.6. The molecule has 4 nitrogen and oxygen atoms in total. The summed E-state index contributed by atoms with van der Waals surface area (Å²) in [6.07, 6.45) is 4.86. The number of hydrogen-bond donors (Lipinski definition) is 1. The summed E-state index contributed by atoms with van der Waals surface area (Å²) in [4.78, 5) is 24.8. The maximum Gasteiger partial charge on any atom is 0.310 e. The second-order valence-corrected chi connectivity index (χ2v) is 5.95. The molecule has 2 atom stereocenters. The zero-order chi connectivity index (χ0) is 16.1. The second-order valence-electron chi connectivity index (χ2n) is 5.95. The number of hydrogen-bond acceptors (Lipinski definition) is 3. The number of para-hydroxylation sites is 1. The lowest BCUT2D eigenvalue weighted by Crippen LogP contribution is -2.36. The zero-order valence-corrected chi connectivity index (χ0v) is 13.3. The number of aryl methyl sites for hydroxylation is 1. The summed E-state index contributed by atoms with van der Waals surface area (Å²) >= 11 is 0. The Bertz CT molecular complexity index is 577. The van der Waals surface area contributed by atoms with E-state index >= 15 is 0 Å². The van der Waals surface area contributed by atoms with Gasteiger partial charge in [-0.25, -0.2) is 0 Å². The van der Waals surface area contributed by atoms with Gasteiger partial charge in [0.05, 0.1) is 17.9 Å². The molecule has 2 rings (SSSR count). The van der Waals surface area contributed by atoms with Gasteiger partial charge in [-0.15, -0.1) is 0 Å². The third kappa shape index (κ3) is 3.97.